The molecule has 0 saturated heterocycles. The standard InChI is InChI=1S/C15H12F2N4O/c1-22-15-5-3-10(7-13(15)18)21-8-14(19-20-21)9-2-4-11(16)12(17)6-9/h2-8H,18H2,1H3. The summed E-state index contributed by atoms with van der Waals surface area (Å²) in [5.74, 6) is -1.27. The molecule has 5 nitrogen and oxygen atoms in total. The Hall–Kier alpha value is -2.96. The number of benzene rings is 2. The molecule has 0 spiro atoms. The van der Waals surface area contributed by atoms with Crippen molar-refractivity contribution in [3.63, 3.8) is 0 Å². The summed E-state index contributed by atoms with van der Waals surface area (Å²) in [5.41, 5.74) is 7.85. The van der Waals surface area contributed by atoms with E-state index in [4.69, 9.17) is 10.5 Å². The molecule has 3 rings (SSSR count). The molecule has 0 aliphatic rings. The van der Waals surface area contributed by atoms with Gasteiger partial charge in [-0.05, 0) is 36.4 Å². The Balaban J connectivity index is 1.96. The van der Waals surface area contributed by atoms with Gasteiger partial charge in [0.25, 0.3) is 0 Å². The van der Waals surface area contributed by atoms with Crippen molar-refractivity contribution >= 4 is 5.69 Å². The normalized spacial score (nSPS) is 10.7. The highest BCUT2D eigenvalue weighted by Crippen LogP contribution is 2.25. The van der Waals surface area contributed by atoms with Gasteiger partial charge in [-0.3, -0.25) is 0 Å². The van der Waals surface area contributed by atoms with E-state index in [2.05, 4.69) is 10.3 Å². The van der Waals surface area contributed by atoms with Crippen LogP contribution in [0.5, 0.6) is 5.75 Å². The smallest absolute Gasteiger partial charge is 0.159 e. The summed E-state index contributed by atoms with van der Waals surface area (Å²) in [7, 11) is 1.53. The van der Waals surface area contributed by atoms with Gasteiger partial charge in [0.1, 0.15) is 11.4 Å². The van der Waals surface area contributed by atoms with Crippen molar-refractivity contribution in [1.29, 1.82) is 0 Å². The lowest BCUT2D eigenvalue weighted by Crippen LogP contribution is -1.98. The number of ether oxygens (including phenoxy) is 1. The van der Waals surface area contributed by atoms with Gasteiger partial charge < -0.3 is 10.5 Å². The largest absolute Gasteiger partial charge is 0.495 e. The number of nitrogens with zero attached hydrogens (tertiary/aromatic N) is 3. The first kappa shape index (κ1) is 14.0. The molecular formula is C15H12F2N4O. The fourth-order valence-corrected chi connectivity index (χ4v) is 2.04. The Labute approximate surface area is 124 Å². The zero-order valence-electron chi connectivity index (χ0n) is 11.6. The quantitative estimate of drug-likeness (QED) is 0.756. The van der Waals surface area contributed by atoms with Crippen molar-refractivity contribution in [2.24, 2.45) is 0 Å². The van der Waals surface area contributed by atoms with Gasteiger partial charge in [0.2, 0.25) is 0 Å². The van der Waals surface area contributed by atoms with Crippen LogP contribution in [0.1, 0.15) is 0 Å². The molecule has 0 unspecified atom stereocenters. The van der Waals surface area contributed by atoms with Crippen LogP contribution in [0.15, 0.2) is 42.6 Å². The average molecular weight is 302 g/mol. The van der Waals surface area contributed by atoms with Crippen molar-refractivity contribution in [2.75, 3.05) is 12.8 Å². The molecule has 0 fully saturated rings. The molecule has 0 radical (unpaired) electrons. The lowest BCUT2D eigenvalue weighted by atomic mass is 10.1. The minimum Gasteiger partial charge on any atom is -0.495 e. The van der Waals surface area contributed by atoms with Crippen LogP contribution in [0.2, 0.25) is 0 Å². The Bertz CT molecular complexity index is 832. The van der Waals surface area contributed by atoms with Gasteiger partial charge in [-0.25, -0.2) is 13.5 Å². The van der Waals surface area contributed by atoms with Gasteiger partial charge in [0.05, 0.1) is 24.7 Å². The molecule has 0 atom stereocenters. The number of methoxy groups -OCH3 is 1. The van der Waals surface area contributed by atoms with Crippen molar-refractivity contribution in [3.05, 3.63) is 54.2 Å². The molecule has 7 heteroatoms. The Morgan fingerprint density at radius 3 is 2.59 bits per heavy atom. The highest BCUT2D eigenvalue weighted by atomic mass is 19.2. The van der Waals surface area contributed by atoms with Crippen molar-refractivity contribution in [2.45, 2.75) is 0 Å². The van der Waals surface area contributed by atoms with Gasteiger partial charge in [-0.1, -0.05) is 5.21 Å². The minimum absolute atomic E-state index is 0.424. The van der Waals surface area contributed by atoms with Crippen LogP contribution in [-0.2, 0) is 0 Å². The molecule has 0 aliphatic carbocycles. The number of aromatic nitrogens is 3. The van der Waals surface area contributed by atoms with E-state index in [0.717, 1.165) is 12.1 Å². The van der Waals surface area contributed by atoms with Crippen LogP contribution in [-0.4, -0.2) is 22.1 Å². The molecule has 1 heterocycles. The molecule has 2 N–H and O–H groups in total. The monoisotopic (exact) mass is 302 g/mol. The molecule has 2 aromatic carbocycles. The van der Waals surface area contributed by atoms with Crippen LogP contribution >= 0.6 is 0 Å². The summed E-state index contributed by atoms with van der Waals surface area (Å²) < 4.78 is 32.8. The predicted molar refractivity (Wildman–Crippen MR) is 77.7 cm³/mol. The second-order valence-corrected chi connectivity index (χ2v) is 4.60. The predicted octanol–water partition coefficient (Wildman–Crippen LogP) is 2.80. The zero-order valence-corrected chi connectivity index (χ0v) is 11.6. The highest BCUT2D eigenvalue weighted by Gasteiger charge is 2.10. The Morgan fingerprint density at radius 2 is 1.91 bits per heavy atom. The summed E-state index contributed by atoms with van der Waals surface area (Å²) in [4.78, 5) is 0. The molecule has 3 aromatic rings. The summed E-state index contributed by atoms with van der Waals surface area (Å²) in [6.45, 7) is 0. The number of halogens is 2. The van der Waals surface area contributed by atoms with E-state index in [1.165, 1.54) is 17.9 Å². The van der Waals surface area contributed by atoms with Crippen LogP contribution in [0.4, 0.5) is 14.5 Å². The number of hydrogen-bond donors (Lipinski definition) is 1. The van der Waals surface area contributed by atoms with Crippen LogP contribution < -0.4 is 10.5 Å². The molecular weight excluding hydrogens is 290 g/mol. The molecule has 22 heavy (non-hydrogen) atoms. The highest BCUT2D eigenvalue weighted by molar-refractivity contribution is 5.60. The fraction of sp³-hybridized carbons (Fsp3) is 0.0667. The van der Waals surface area contributed by atoms with Crippen LogP contribution in [0.3, 0.4) is 0 Å². The first-order valence-corrected chi connectivity index (χ1v) is 6.40. The van der Waals surface area contributed by atoms with Gasteiger partial charge in [-0.2, -0.15) is 0 Å². The van der Waals surface area contributed by atoms with E-state index in [1.807, 2.05) is 0 Å². The molecule has 0 aliphatic heterocycles. The first-order valence-electron chi connectivity index (χ1n) is 6.40. The molecule has 0 bridgehead atoms. The summed E-state index contributed by atoms with van der Waals surface area (Å²) in [5, 5.41) is 7.92. The van der Waals surface area contributed by atoms with E-state index in [-0.39, 0.29) is 0 Å². The van der Waals surface area contributed by atoms with Crippen molar-refractivity contribution in [3.8, 4) is 22.7 Å². The second-order valence-electron chi connectivity index (χ2n) is 4.60. The second kappa shape index (κ2) is 5.44. The van der Waals surface area contributed by atoms with E-state index < -0.39 is 11.6 Å². The maximum Gasteiger partial charge on any atom is 0.159 e. The van der Waals surface area contributed by atoms with Crippen LogP contribution in [0.25, 0.3) is 16.9 Å². The van der Waals surface area contributed by atoms with E-state index in [1.54, 1.807) is 24.4 Å². The van der Waals surface area contributed by atoms with Crippen molar-refractivity contribution < 1.29 is 13.5 Å². The van der Waals surface area contributed by atoms with Crippen molar-refractivity contribution in [1.82, 2.24) is 15.0 Å². The third kappa shape index (κ3) is 2.48. The van der Waals surface area contributed by atoms with E-state index >= 15 is 0 Å². The number of anilines is 1. The maximum atomic E-state index is 13.3. The van der Waals surface area contributed by atoms with Gasteiger partial charge in [-0.15, -0.1) is 5.10 Å². The number of rotatable bonds is 3. The fourth-order valence-electron chi connectivity index (χ4n) is 2.04. The number of hydrogen-bond acceptors (Lipinski definition) is 4. The first-order chi connectivity index (χ1) is 10.6. The third-order valence-corrected chi connectivity index (χ3v) is 3.19. The minimum atomic E-state index is -0.930. The molecule has 112 valence electrons. The number of nitrogens with two attached hydrogens (primary N) is 1. The average Bonchev–Trinajstić information content (AvgIpc) is 3.00. The van der Waals surface area contributed by atoms with Crippen LogP contribution in [0, 0.1) is 11.6 Å². The summed E-state index contributed by atoms with van der Waals surface area (Å²) in [6.07, 6.45) is 1.61. The number of nitrogen functional groups attached to an aromatic ring is 1. The Morgan fingerprint density at radius 1 is 1.09 bits per heavy atom. The summed E-state index contributed by atoms with van der Waals surface area (Å²) >= 11 is 0. The maximum absolute atomic E-state index is 13.3. The van der Waals surface area contributed by atoms with Gasteiger partial charge in [0, 0.05) is 5.56 Å². The summed E-state index contributed by atoms with van der Waals surface area (Å²) in [6, 6.07) is 8.72. The molecule has 0 amide bonds. The Kier molecular flexibility index (Phi) is 3.46. The van der Waals surface area contributed by atoms with E-state index in [9.17, 15) is 8.78 Å². The zero-order chi connectivity index (χ0) is 15.7. The lowest BCUT2D eigenvalue weighted by molar-refractivity contribution is 0.417. The third-order valence-electron chi connectivity index (χ3n) is 3.19. The molecule has 1 aromatic heterocycles. The lowest BCUT2D eigenvalue weighted by Gasteiger charge is -2.06. The van der Waals surface area contributed by atoms with Gasteiger partial charge in [0.15, 0.2) is 11.6 Å². The topological polar surface area (TPSA) is 66.0 Å². The van der Waals surface area contributed by atoms with E-state index in [0.29, 0.717) is 28.4 Å². The SMILES string of the molecule is COc1ccc(-n2cc(-c3ccc(F)c(F)c3)nn2)cc1N. The van der Waals surface area contributed by atoms with Gasteiger partial charge >= 0.3 is 0 Å². The molecule has 0 saturated carbocycles.